The average Bonchev–Trinajstić information content (AvgIpc) is 2.95. The first-order valence-corrected chi connectivity index (χ1v) is 7.44. The number of para-hydroxylation sites is 3. The van der Waals surface area contributed by atoms with E-state index in [1.165, 1.54) is 0 Å². The molecule has 0 fully saturated rings. The van der Waals surface area contributed by atoms with E-state index in [1.807, 2.05) is 42.6 Å². The van der Waals surface area contributed by atoms with E-state index >= 15 is 0 Å². The molecule has 0 saturated carbocycles. The third-order valence-corrected chi connectivity index (χ3v) is 4.31. The third-order valence-electron chi connectivity index (χ3n) is 4.11. The van der Waals surface area contributed by atoms with Gasteiger partial charge in [-0.25, -0.2) is 9.97 Å². The van der Waals surface area contributed by atoms with E-state index in [-0.39, 0.29) is 0 Å². The molecule has 0 saturated heterocycles. The largest absolute Gasteiger partial charge is 0.292 e. The zero-order valence-corrected chi connectivity index (χ0v) is 12.2. The zero-order chi connectivity index (χ0) is 14.7. The summed E-state index contributed by atoms with van der Waals surface area (Å²) in [5, 5.41) is 3.73. The van der Waals surface area contributed by atoms with Crippen LogP contribution in [0.5, 0.6) is 0 Å². The van der Waals surface area contributed by atoms with Crippen molar-refractivity contribution in [2.24, 2.45) is 0 Å². The van der Waals surface area contributed by atoms with Gasteiger partial charge in [-0.05, 0) is 24.3 Å². The lowest BCUT2D eigenvalue weighted by atomic mass is 10.1. The van der Waals surface area contributed by atoms with Gasteiger partial charge in [0, 0.05) is 22.4 Å². The van der Waals surface area contributed by atoms with Crippen LogP contribution in [-0.4, -0.2) is 14.4 Å². The third kappa shape index (κ3) is 1.46. The number of pyridine rings is 2. The van der Waals surface area contributed by atoms with Crippen molar-refractivity contribution >= 4 is 50.0 Å². The number of fused-ring (bicyclic) bond motifs is 8. The van der Waals surface area contributed by atoms with Gasteiger partial charge in [-0.1, -0.05) is 41.9 Å². The van der Waals surface area contributed by atoms with Crippen LogP contribution in [0.2, 0.25) is 5.15 Å². The molecule has 4 heteroatoms. The Hall–Kier alpha value is -2.65. The van der Waals surface area contributed by atoms with Crippen LogP contribution in [0, 0.1) is 0 Å². The van der Waals surface area contributed by atoms with E-state index in [4.69, 9.17) is 16.6 Å². The standard InChI is InChI=1S/C18H10ClN3/c19-17-9-12-13(10-20-17)11-5-1-3-7-15(11)22-16-8-4-2-6-14(16)21-18(12)22/h1-10H. The van der Waals surface area contributed by atoms with Crippen molar-refractivity contribution in [1.82, 2.24) is 14.4 Å². The second-order valence-corrected chi connectivity index (χ2v) is 5.72. The Morgan fingerprint density at radius 3 is 2.50 bits per heavy atom. The summed E-state index contributed by atoms with van der Waals surface area (Å²) in [6.45, 7) is 0. The molecule has 0 bridgehead atoms. The number of aromatic nitrogens is 3. The van der Waals surface area contributed by atoms with Gasteiger partial charge in [0.2, 0.25) is 0 Å². The Labute approximate surface area is 130 Å². The Kier molecular flexibility index (Phi) is 2.27. The summed E-state index contributed by atoms with van der Waals surface area (Å²) in [4.78, 5) is 9.06. The van der Waals surface area contributed by atoms with Crippen molar-refractivity contribution in [1.29, 1.82) is 0 Å². The molecule has 3 aromatic heterocycles. The molecule has 0 atom stereocenters. The number of hydrogen-bond donors (Lipinski definition) is 0. The summed E-state index contributed by atoms with van der Waals surface area (Å²) in [7, 11) is 0. The first-order chi connectivity index (χ1) is 10.8. The van der Waals surface area contributed by atoms with Crippen LogP contribution >= 0.6 is 11.6 Å². The number of hydrogen-bond acceptors (Lipinski definition) is 2. The normalized spacial score (nSPS) is 11.9. The van der Waals surface area contributed by atoms with Crippen LogP contribution in [-0.2, 0) is 0 Å². The van der Waals surface area contributed by atoms with Crippen molar-refractivity contribution in [3.63, 3.8) is 0 Å². The maximum absolute atomic E-state index is 6.12. The molecular formula is C18H10ClN3. The Bertz CT molecular complexity index is 1190. The highest BCUT2D eigenvalue weighted by molar-refractivity contribution is 6.30. The van der Waals surface area contributed by atoms with Gasteiger partial charge >= 0.3 is 0 Å². The molecule has 0 radical (unpaired) electrons. The maximum atomic E-state index is 6.12. The number of nitrogens with zero attached hydrogens (tertiary/aromatic N) is 3. The number of rotatable bonds is 0. The number of halogens is 1. The van der Waals surface area contributed by atoms with Gasteiger partial charge in [-0.15, -0.1) is 0 Å². The van der Waals surface area contributed by atoms with Crippen molar-refractivity contribution in [2.45, 2.75) is 0 Å². The molecule has 0 aliphatic heterocycles. The lowest BCUT2D eigenvalue weighted by Gasteiger charge is -2.08. The topological polar surface area (TPSA) is 30.2 Å². The van der Waals surface area contributed by atoms with Crippen LogP contribution in [0.3, 0.4) is 0 Å². The van der Waals surface area contributed by atoms with Crippen LogP contribution in [0.15, 0.2) is 60.8 Å². The fourth-order valence-corrected chi connectivity index (χ4v) is 3.33. The average molecular weight is 304 g/mol. The molecule has 0 amide bonds. The van der Waals surface area contributed by atoms with E-state index in [1.54, 1.807) is 0 Å². The molecular weight excluding hydrogens is 294 g/mol. The molecule has 22 heavy (non-hydrogen) atoms. The molecule has 0 unspecified atom stereocenters. The summed E-state index contributed by atoms with van der Waals surface area (Å²) in [6.07, 6.45) is 1.83. The van der Waals surface area contributed by atoms with Gasteiger partial charge in [0.05, 0.1) is 16.6 Å². The number of benzene rings is 2. The first kappa shape index (κ1) is 12.0. The molecule has 2 aromatic carbocycles. The van der Waals surface area contributed by atoms with E-state index in [9.17, 15) is 0 Å². The monoisotopic (exact) mass is 303 g/mol. The molecule has 0 aliphatic rings. The summed E-state index contributed by atoms with van der Waals surface area (Å²) in [5.74, 6) is 0. The predicted molar refractivity (Wildman–Crippen MR) is 90.5 cm³/mol. The van der Waals surface area contributed by atoms with Crippen LogP contribution in [0.4, 0.5) is 0 Å². The van der Waals surface area contributed by atoms with Crippen LogP contribution in [0.25, 0.3) is 38.4 Å². The molecule has 104 valence electrons. The van der Waals surface area contributed by atoms with Gasteiger partial charge < -0.3 is 0 Å². The SMILES string of the molecule is Clc1cc2c(cn1)c1ccccc1n1c3ccccc3nc21. The van der Waals surface area contributed by atoms with Gasteiger partial charge in [-0.2, -0.15) is 0 Å². The van der Waals surface area contributed by atoms with Gasteiger partial charge in [-0.3, -0.25) is 4.40 Å². The molecule has 3 nitrogen and oxygen atoms in total. The second kappa shape index (κ2) is 4.18. The second-order valence-electron chi connectivity index (χ2n) is 5.33. The van der Waals surface area contributed by atoms with Crippen molar-refractivity contribution in [3.8, 4) is 0 Å². The van der Waals surface area contributed by atoms with Crippen molar-refractivity contribution in [3.05, 3.63) is 65.9 Å². The van der Waals surface area contributed by atoms with E-state index in [0.29, 0.717) is 5.15 Å². The van der Waals surface area contributed by atoms with Crippen LogP contribution in [0.1, 0.15) is 0 Å². The Morgan fingerprint density at radius 1 is 0.818 bits per heavy atom. The summed E-state index contributed by atoms with van der Waals surface area (Å²) >= 11 is 6.12. The predicted octanol–water partition coefficient (Wildman–Crippen LogP) is 4.84. The summed E-state index contributed by atoms with van der Waals surface area (Å²) < 4.78 is 2.20. The highest BCUT2D eigenvalue weighted by atomic mass is 35.5. The van der Waals surface area contributed by atoms with Crippen molar-refractivity contribution < 1.29 is 0 Å². The molecule has 0 spiro atoms. The minimum atomic E-state index is 0.483. The maximum Gasteiger partial charge on any atom is 0.146 e. The van der Waals surface area contributed by atoms with Gasteiger partial charge in [0.25, 0.3) is 0 Å². The van der Waals surface area contributed by atoms with E-state index in [2.05, 4.69) is 27.6 Å². The van der Waals surface area contributed by atoms with Gasteiger partial charge in [0.1, 0.15) is 10.8 Å². The number of imidazole rings is 1. The highest BCUT2D eigenvalue weighted by Gasteiger charge is 2.13. The van der Waals surface area contributed by atoms with E-state index in [0.717, 1.165) is 38.4 Å². The Balaban J connectivity index is 2.23. The molecule has 5 aromatic rings. The van der Waals surface area contributed by atoms with Crippen LogP contribution < -0.4 is 0 Å². The summed E-state index contributed by atoms with van der Waals surface area (Å²) in [5.41, 5.74) is 4.12. The fraction of sp³-hybridized carbons (Fsp3) is 0. The van der Waals surface area contributed by atoms with E-state index < -0.39 is 0 Å². The first-order valence-electron chi connectivity index (χ1n) is 7.06. The zero-order valence-electron chi connectivity index (χ0n) is 11.5. The quantitative estimate of drug-likeness (QED) is 0.302. The lowest BCUT2D eigenvalue weighted by molar-refractivity contribution is 1.30. The summed E-state index contributed by atoms with van der Waals surface area (Å²) in [6, 6.07) is 18.4. The minimum absolute atomic E-state index is 0.483. The van der Waals surface area contributed by atoms with Gasteiger partial charge in [0.15, 0.2) is 0 Å². The molecule has 5 rings (SSSR count). The fourth-order valence-electron chi connectivity index (χ4n) is 3.18. The highest BCUT2D eigenvalue weighted by Crippen LogP contribution is 2.32. The Morgan fingerprint density at radius 2 is 1.59 bits per heavy atom. The minimum Gasteiger partial charge on any atom is -0.292 e. The smallest absolute Gasteiger partial charge is 0.146 e. The molecule has 0 N–H and O–H groups in total. The molecule has 0 aliphatic carbocycles. The lowest BCUT2D eigenvalue weighted by Crippen LogP contribution is -1.92. The van der Waals surface area contributed by atoms with Crippen molar-refractivity contribution in [2.75, 3.05) is 0 Å². The molecule has 3 heterocycles.